The van der Waals surface area contributed by atoms with Gasteiger partial charge in [-0.3, -0.25) is 4.72 Å². The van der Waals surface area contributed by atoms with Crippen LogP contribution < -0.4 is 4.72 Å². The monoisotopic (exact) mass is 334 g/mol. The first-order chi connectivity index (χ1) is 8.58. The molecule has 6 nitrogen and oxygen atoms in total. The smallest absolute Gasteiger partial charge is 0.253 e. The Balaban J connectivity index is 2.08. The lowest BCUT2D eigenvalue weighted by Crippen LogP contribution is -2.36. The third-order valence-corrected chi connectivity index (χ3v) is 4.68. The van der Waals surface area contributed by atoms with E-state index in [-0.39, 0.29) is 5.82 Å². The Morgan fingerprint density at radius 1 is 1.11 bits per heavy atom. The van der Waals surface area contributed by atoms with E-state index in [0.29, 0.717) is 17.7 Å². The maximum atomic E-state index is 12.1. The van der Waals surface area contributed by atoms with Crippen molar-refractivity contribution in [1.29, 1.82) is 0 Å². The van der Waals surface area contributed by atoms with Crippen molar-refractivity contribution in [3.8, 4) is 0 Å². The maximum absolute atomic E-state index is 12.1. The highest BCUT2D eigenvalue weighted by Crippen LogP contribution is 2.15. The number of hydrogen-bond acceptors (Lipinski definition) is 4. The van der Waals surface area contributed by atoms with Gasteiger partial charge in [-0.2, -0.15) is 12.7 Å². The zero-order valence-corrected chi connectivity index (χ0v) is 12.2. The molecule has 0 unspecified atom stereocenters. The highest BCUT2D eigenvalue weighted by Gasteiger charge is 2.23. The molecule has 2 rings (SSSR count). The Bertz CT molecular complexity index is 483. The molecule has 0 atom stereocenters. The summed E-state index contributed by atoms with van der Waals surface area (Å²) in [6, 6.07) is 0. The Labute approximate surface area is 115 Å². The van der Waals surface area contributed by atoms with Crippen molar-refractivity contribution < 1.29 is 8.42 Å². The number of rotatable bonds is 3. The molecule has 1 fully saturated rings. The fourth-order valence-corrected chi connectivity index (χ4v) is 3.29. The zero-order valence-electron chi connectivity index (χ0n) is 9.84. The van der Waals surface area contributed by atoms with Crippen LogP contribution in [0.25, 0.3) is 0 Å². The summed E-state index contributed by atoms with van der Waals surface area (Å²) in [6.07, 6.45) is 6.84. The van der Waals surface area contributed by atoms with Crippen LogP contribution in [0.15, 0.2) is 17.0 Å². The van der Waals surface area contributed by atoms with E-state index in [9.17, 15) is 8.42 Å². The number of halogens is 1. The minimum absolute atomic E-state index is 0.238. The SMILES string of the molecule is O=S(=O)(Nc1cnc(Br)cn1)N1CCCCCC1. The predicted octanol–water partition coefficient (Wildman–Crippen LogP) is 1.77. The van der Waals surface area contributed by atoms with Crippen LogP contribution in [0.4, 0.5) is 5.82 Å². The van der Waals surface area contributed by atoms with E-state index < -0.39 is 10.2 Å². The summed E-state index contributed by atoms with van der Waals surface area (Å²) < 4.78 is 28.7. The van der Waals surface area contributed by atoms with E-state index in [2.05, 4.69) is 30.6 Å². The molecule has 0 aromatic carbocycles. The molecule has 100 valence electrons. The number of hydrogen-bond donors (Lipinski definition) is 1. The van der Waals surface area contributed by atoms with E-state index in [0.717, 1.165) is 25.7 Å². The molecular formula is C10H15BrN4O2S. The van der Waals surface area contributed by atoms with E-state index in [1.165, 1.54) is 16.7 Å². The molecule has 0 amide bonds. The molecule has 1 N–H and O–H groups in total. The Morgan fingerprint density at radius 3 is 2.33 bits per heavy atom. The molecule has 8 heteroatoms. The predicted molar refractivity (Wildman–Crippen MR) is 72.3 cm³/mol. The van der Waals surface area contributed by atoms with Crippen LogP contribution >= 0.6 is 15.9 Å². The standard InChI is InChI=1S/C10H15BrN4O2S/c11-9-7-13-10(8-12-9)14-18(16,17)15-5-3-1-2-4-6-15/h7-8H,1-6H2,(H,13,14). The van der Waals surface area contributed by atoms with Gasteiger partial charge in [-0.05, 0) is 28.8 Å². The molecule has 2 heterocycles. The van der Waals surface area contributed by atoms with E-state index in [1.807, 2.05) is 0 Å². The highest BCUT2D eigenvalue weighted by atomic mass is 79.9. The summed E-state index contributed by atoms with van der Waals surface area (Å²) in [5.41, 5.74) is 0. The molecular weight excluding hydrogens is 320 g/mol. The van der Waals surface area contributed by atoms with Crippen LogP contribution in [0.3, 0.4) is 0 Å². The Kier molecular flexibility index (Phi) is 4.52. The van der Waals surface area contributed by atoms with Crippen molar-refractivity contribution in [1.82, 2.24) is 14.3 Å². The van der Waals surface area contributed by atoms with Gasteiger partial charge in [0.25, 0.3) is 0 Å². The lowest BCUT2D eigenvalue weighted by molar-refractivity contribution is 0.427. The molecule has 1 aliphatic heterocycles. The highest BCUT2D eigenvalue weighted by molar-refractivity contribution is 9.10. The van der Waals surface area contributed by atoms with Crippen LogP contribution in [-0.4, -0.2) is 35.8 Å². The number of nitrogens with zero attached hydrogens (tertiary/aromatic N) is 3. The largest absolute Gasteiger partial charge is 0.302 e. The van der Waals surface area contributed by atoms with Crippen molar-refractivity contribution in [3.05, 3.63) is 17.0 Å². The summed E-state index contributed by atoms with van der Waals surface area (Å²) >= 11 is 3.15. The quantitative estimate of drug-likeness (QED) is 0.914. The van der Waals surface area contributed by atoms with Gasteiger partial charge in [0.2, 0.25) is 0 Å². The maximum Gasteiger partial charge on any atom is 0.302 e. The minimum atomic E-state index is -3.51. The number of anilines is 1. The molecule has 18 heavy (non-hydrogen) atoms. The molecule has 0 saturated carbocycles. The van der Waals surface area contributed by atoms with Gasteiger partial charge in [-0.1, -0.05) is 12.8 Å². The first kappa shape index (κ1) is 13.7. The van der Waals surface area contributed by atoms with E-state index in [1.54, 1.807) is 0 Å². The van der Waals surface area contributed by atoms with Gasteiger partial charge in [0, 0.05) is 13.1 Å². The van der Waals surface area contributed by atoms with E-state index >= 15 is 0 Å². The fourth-order valence-electron chi connectivity index (χ4n) is 1.84. The van der Waals surface area contributed by atoms with Crippen molar-refractivity contribution >= 4 is 32.0 Å². The van der Waals surface area contributed by atoms with Gasteiger partial charge < -0.3 is 0 Å². The third-order valence-electron chi connectivity index (χ3n) is 2.76. The average Bonchev–Trinajstić information content (AvgIpc) is 2.61. The van der Waals surface area contributed by atoms with Crippen LogP contribution in [0.1, 0.15) is 25.7 Å². The van der Waals surface area contributed by atoms with Crippen LogP contribution in [0.5, 0.6) is 0 Å². The molecule has 0 bridgehead atoms. The lowest BCUT2D eigenvalue weighted by atomic mass is 10.2. The minimum Gasteiger partial charge on any atom is -0.253 e. The van der Waals surface area contributed by atoms with Crippen molar-refractivity contribution in [3.63, 3.8) is 0 Å². The van der Waals surface area contributed by atoms with Crippen LogP contribution in [-0.2, 0) is 10.2 Å². The van der Waals surface area contributed by atoms with Gasteiger partial charge >= 0.3 is 10.2 Å². The van der Waals surface area contributed by atoms with Crippen LogP contribution in [0.2, 0.25) is 0 Å². The van der Waals surface area contributed by atoms with Crippen LogP contribution in [0, 0.1) is 0 Å². The second-order valence-corrected chi connectivity index (χ2v) is 6.63. The van der Waals surface area contributed by atoms with Crippen molar-refractivity contribution in [2.24, 2.45) is 0 Å². The first-order valence-electron chi connectivity index (χ1n) is 5.83. The zero-order chi connectivity index (χ0) is 13.0. The second-order valence-electron chi connectivity index (χ2n) is 4.14. The van der Waals surface area contributed by atoms with Gasteiger partial charge in [0.05, 0.1) is 12.4 Å². The molecule has 1 saturated heterocycles. The molecule has 1 aliphatic rings. The topological polar surface area (TPSA) is 75.2 Å². The molecule has 1 aromatic heterocycles. The molecule has 0 aliphatic carbocycles. The van der Waals surface area contributed by atoms with Gasteiger partial charge in [0.15, 0.2) is 5.82 Å². The fraction of sp³-hybridized carbons (Fsp3) is 0.600. The first-order valence-corrected chi connectivity index (χ1v) is 8.07. The number of nitrogens with one attached hydrogen (secondary N) is 1. The summed E-state index contributed by atoms with van der Waals surface area (Å²) in [7, 11) is -3.51. The normalized spacial score (nSPS) is 18.3. The summed E-state index contributed by atoms with van der Waals surface area (Å²) in [6.45, 7) is 1.14. The molecule has 0 radical (unpaired) electrons. The lowest BCUT2D eigenvalue weighted by Gasteiger charge is -2.20. The van der Waals surface area contributed by atoms with Gasteiger partial charge in [-0.15, -0.1) is 0 Å². The molecule has 1 aromatic rings. The number of aromatic nitrogens is 2. The second kappa shape index (κ2) is 5.94. The summed E-state index contributed by atoms with van der Waals surface area (Å²) in [5.74, 6) is 0.238. The average molecular weight is 335 g/mol. The van der Waals surface area contributed by atoms with Crippen molar-refractivity contribution in [2.75, 3.05) is 17.8 Å². The van der Waals surface area contributed by atoms with E-state index in [4.69, 9.17) is 0 Å². The third kappa shape index (κ3) is 3.63. The summed E-state index contributed by atoms with van der Waals surface area (Å²) in [4.78, 5) is 7.89. The molecule has 0 spiro atoms. The summed E-state index contributed by atoms with van der Waals surface area (Å²) in [5, 5.41) is 0. The van der Waals surface area contributed by atoms with Gasteiger partial charge in [-0.25, -0.2) is 9.97 Å². The Morgan fingerprint density at radius 2 is 1.78 bits per heavy atom. The van der Waals surface area contributed by atoms with Crippen molar-refractivity contribution in [2.45, 2.75) is 25.7 Å². The Hall–Kier alpha value is -0.730. The van der Waals surface area contributed by atoms with Gasteiger partial charge in [0.1, 0.15) is 4.60 Å².